The normalized spacial score (nSPS) is 16.8. The Morgan fingerprint density at radius 2 is 2.19 bits per heavy atom. The average Bonchev–Trinajstić information content (AvgIpc) is 3.46. The Morgan fingerprint density at radius 1 is 1.35 bits per heavy atom. The van der Waals surface area contributed by atoms with Gasteiger partial charge in [-0.15, -0.1) is 16.4 Å². The molecule has 0 amide bonds. The van der Waals surface area contributed by atoms with E-state index in [2.05, 4.69) is 36.0 Å². The van der Waals surface area contributed by atoms with Crippen LogP contribution in [0.4, 0.5) is 5.82 Å². The summed E-state index contributed by atoms with van der Waals surface area (Å²) in [5.74, 6) is 1.23. The molecule has 4 aromatic rings. The lowest BCUT2D eigenvalue weighted by Crippen LogP contribution is -2.28. The minimum Gasteiger partial charge on any atom is -0.358 e. The number of thiophene rings is 1. The summed E-state index contributed by atoms with van der Waals surface area (Å²) in [5, 5.41) is 20.5. The molecular weight excluding hydrogens is 414 g/mol. The molecule has 5 rings (SSSR count). The highest BCUT2D eigenvalue weighted by molar-refractivity contribution is 7.19. The summed E-state index contributed by atoms with van der Waals surface area (Å²) in [6.45, 7) is 7.53. The van der Waals surface area contributed by atoms with E-state index in [1.807, 2.05) is 0 Å². The highest BCUT2D eigenvalue weighted by atomic mass is 32.1. The molecule has 1 aliphatic carbocycles. The van der Waals surface area contributed by atoms with Crippen molar-refractivity contribution in [3.63, 3.8) is 0 Å². The van der Waals surface area contributed by atoms with E-state index >= 15 is 0 Å². The van der Waals surface area contributed by atoms with Crippen LogP contribution in [-0.2, 0) is 25.8 Å². The minimum atomic E-state index is -0.492. The van der Waals surface area contributed by atoms with E-state index in [4.69, 9.17) is 4.98 Å². The van der Waals surface area contributed by atoms with Crippen LogP contribution < -0.4 is 0 Å². The van der Waals surface area contributed by atoms with Gasteiger partial charge in [-0.2, -0.15) is 4.68 Å². The Bertz CT molecular complexity index is 1290. The lowest BCUT2D eigenvalue weighted by molar-refractivity contribution is -0.389. The molecule has 0 aliphatic heterocycles. The fraction of sp³-hybridized carbons (Fsp3) is 0.524. The number of nitrogens with zero attached hydrogens (tertiary/aromatic N) is 7. The smallest absolute Gasteiger partial charge is 0.358 e. The Hall–Kier alpha value is -2.88. The zero-order valence-corrected chi connectivity index (χ0v) is 18.7. The van der Waals surface area contributed by atoms with Crippen LogP contribution in [0, 0.1) is 21.4 Å². The first-order valence-corrected chi connectivity index (χ1v) is 11.5. The number of fused-ring (bicyclic) bond motifs is 5. The number of hydrogen-bond acceptors (Lipinski definition) is 7. The quantitative estimate of drug-likeness (QED) is 0.329. The first-order chi connectivity index (χ1) is 14.9. The molecule has 0 fully saturated rings. The molecule has 162 valence electrons. The second-order valence-electron chi connectivity index (χ2n) is 8.95. The van der Waals surface area contributed by atoms with Gasteiger partial charge in [-0.1, -0.05) is 27.2 Å². The maximum absolute atomic E-state index is 10.8. The van der Waals surface area contributed by atoms with Crippen LogP contribution >= 0.6 is 11.3 Å². The number of hydrogen-bond donors (Lipinski definition) is 0. The van der Waals surface area contributed by atoms with Gasteiger partial charge in [-0.05, 0) is 41.1 Å². The molecule has 1 aliphatic rings. The zero-order chi connectivity index (χ0) is 21.8. The summed E-state index contributed by atoms with van der Waals surface area (Å²) in [6, 6.07) is 1.40. The molecule has 0 spiro atoms. The second kappa shape index (κ2) is 7.37. The molecule has 9 nitrogen and oxygen atoms in total. The van der Waals surface area contributed by atoms with Crippen molar-refractivity contribution in [3.05, 3.63) is 45.0 Å². The van der Waals surface area contributed by atoms with Gasteiger partial charge in [0.05, 0.1) is 29.3 Å². The van der Waals surface area contributed by atoms with E-state index in [0.717, 1.165) is 28.7 Å². The highest BCUT2D eigenvalue weighted by Crippen LogP contribution is 2.44. The van der Waals surface area contributed by atoms with Crippen molar-refractivity contribution in [2.75, 3.05) is 0 Å². The summed E-state index contributed by atoms with van der Waals surface area (Å²) in [6.07, 6.45) is 8.44. The van der Waals surface area contributed by atoms with Gasteiger partial charge in [0.15, 0.2) is 11.5 Å². The molecule has 0 unspecified atom stereocenters. The third kappa shape index (κ3) is 3.48. The van der Waals surface area contributed by atoms with Crippen LogP contribution in [0.2, 0.25) is 0 Å². The fourth-order valence-corrected chi connectivity index (χ4v) is 5.73. The maximum Gasteiger partial charge on any atom is 0.389 e. The van der Waals surface area contributed by atoms with Gasteiger partial charge in [0.25, 0.3) is 0 Å². The molecule has 4 aromatic heterocycles. The molecule has 4 heterocycles. The van der Waals surface area contributed by atoms with Gasteiger partial charge in [-0.25, -0.2) is 14.5 Å². The van der Waals surface area contributed by atoms with Crippen molar-refractivity contribution in [3.8, 4) is 0 Å². The Labute approximate surface area is 183 Å². The topological polar surface area (TPSA) is 104 Å². The molecular formula is C21H25N7O2S. The summed E-state index contributed by atoms with van der Waals surface area (Å²) in [5.41, 5.74) is 2.60. The van der Waals surface area contributed by atoms with Gasteiger partial charge >= 0.3 is 5.82 Å². The first kappa shape index (κ1) is 20.0. The summed E-state index contributed by atoms with van der Waals surface area (Å²) in [7, 11) is 0. The van der Waals surface area contributed by atoms with Gasteiger partial charge in [0.1, 0.15) is 11.2 Å². The van der Waals surface area contributed by atoms with E-state index in [1.54, 1.807) is 33.1 Å². The molecule has 31 heavy (non-hydrogen) atoms. The Balaban J connectivity index is 1.44. The third-order valence-electron chi connectivity index (χ3n) is 6.82. The summed E-state index contributed by atoms with van der Waals surface area (Å²) < 4.78 is 3.32. The molecule has 0 aromatic carbocycles. The molecule has 0 saturated carbocycles. The van der Waals surface area contributed by atoms with Crippen LogP contribution in [0.15, 0.2) is 18.6 Å². The highest BCUT2D eigenvalue weighted by Gasteiger charge is 2.33. The summed E-state index contributed by atoms with van der Waals surface area (Å²) >= 11 is 1.80. The zero-order valence-electron chi connectivity index (χ0n) is 17.9. The predicted octanol–water partition coefficient (Wildman–Crippen LogP) is 4.23. The van der Waals surface area contributed by atoms with Crippen LogP contribution in [0.25, 0.3) is 15.9 Å². The SMILES string of the molecule is CCC(C)(C)[C@H]1CCc2c(sc3ncn4nc(CCn5ccc([N+](=O)[O-])n5)nc4c23)C1. The lowest BCUT2D eigenvalue weighted by Gasteiger charge is -2.36. The van der Waals surface area contributed by atoms with Gasteiger partial charge in [-0.3, -0.25) is 0 Å². The van der Waals surface area contributed by atoms with Crippen molar-refractivity contribution in [1.29, 1.82) is 0 Å². The van der Waals surface area contributed by atoms with Crippen molar-refractivity contribution >= 4 is 33.0 Å². The molecule has 0 saturated heterocycles. The number of aryl methyl sites for hydroxylation is 3. The molecule has 0 N–H and O–H groups in total. The third-order valence-corrected chi connectivity index (χ3v) is 7.99. The lowest BCUT2D eigenvalue weighted by atomic mass is 9.70. The molecule has 0 bridgehead atoms. The Kier molecular flexibility index (Phi) is 4.76. The Morgan fingerprint density at radius 3 is 2.94 bits per heavy atom. The second-order valence-corrected chi connectivity index (χ2v) is 10.0. The van der Waals surface area contributed by atoms with E-state index in [1.165, 1.54) is 29.3 Å². The van der Waals surface area contributed by atoms with Crippen molar-refractivity contribution < 1.29 is 4.92 Å². The summed E-state index contributed by atoms with van der Waals surface area (Å²) in [4.78, 5) is 22.3. The van der Waals surface area contributed by atoms with Crippen molar-refractivity contribution in [1.82, 2.24) is 29.4 Å². The van der Waals surface area contributed by atoms with Gasteiger partial charge in [0.2, 0.25) is 0 Å². The largest absolute Gasteiger partial charge is 0.389 e. The molecule has 1 atom stereocenters. The van der Waals surface area contributed by atoms with Gasteiger partial charge < -0.3 is 10.1 Å². The van der Waals surface area contributed by atoms with Crippen LogP contribution in [0.3, 0.4) is 0 Å². The predicted molar refractivity (Wildman–Crippen MR) is 118 cm³/mol. The van der Waals surface area contributed by atoms with Crippen LogP contribution in [0.5, 0.6) is 0 Å². The fourth-order valence-electron chi connectivity index (χ4n) is 4.47. The monoisotopic (exact) mass is 439 g/mol. The minimum absolute atomic E-state index is 0.150. The van der Waals surface area contributed by atoms with Crippen LogP contribution in [0.1, 0.15) is 49.9 Å². The van der Waals surface area contributed by atoms with E-state index in [0.29, 0.717) is 30.1 Å². The molecule has 10 heteroatoms. The number of rotatable bonds is 6. The standard InChI is InChI=1S/C21H25N7O2S/c1-4-21(2,3)13-5-6-14-15(11-13)31-20-18(14)19-23-16(24-27(19)12-22-20)7-9-26-10-8-17(25-26)28(29)30/h8,10,12-13H,4-7,9,11H2,1-3H3/t13-/m0/s1. The van der Waals surface area contributed by atoms with Crippen LogP contribution in [-0.4, -0.2) is 34.3 Å². The molecule has 0 radical (unpaired) electrons. The van der Waals surface area contributed by atoms with E-state index < -0.39 is 4.92 Å². The number of aromatic nitrogens is 6. The first-order valence-electron chi connectivity index (χ1n) is 10.7. The van der Waals surface area contributed by atoms with Gasteiger partial charge in [0, 0.05) is 11.3 Å². The van der Waals surface area contributed by atoms with E-state index in [-0.39, 0.29) is 5.82 Å². The average molecular weight is 440 g/mol. The van der Waals surface area contributed by atoms with E-state index in [9.17, 15) is 10.1 Å². The van der Waals surface area contributed by atoms with Crippen molar-refractivity contribution in [2.45, 2.75) is 59.4 Å². The number of nitro groups is 1. The maximum atomic E-state index is 10.8. The van der Waals surface area contributed by atoms with Crippen molar-refractivity contribution in [2.24, 2.45) is 11.3 Å².